The number of hydrogen-bond acceptors (Lipinski definition) is 5. The molecule has 0 spiro atoms. The average molecular weight is 345 g/mol. The van der Waals surface area contributed by atoms with Gasteiger partial charge < -0.3 is 14.5 Å². The zero-order valence-electron chi connectivity index (χ0n) is 14.5. The van der Waals surface area contributed by atoms with E-state index in [1.807, 2.05) is 48.5 Å². The molecule has 0 fully saturated rings. The van der Waals surface area contributed by atoms with E-state index in [0.29, 0.717) is 18.3 Å². The molecule has 2 aromatic carbocycles. The normalized spacial score (nSPS) is 10.6. The van der Waals surface area contributed by atoms with Gasteiger partial charge in [0.2, 0.25) is 17.5 Å². The summed E-state index contributed by atoms with van der Waals surface area (Å²) in [5.41, 5.74) is 2.43. The van der Waals surface area contributed by atoms with Gasteiger partial charge in [-0.1, -0.05) is 42.5 Å². The number of nitrogens with one attached hydrogen (secondary N) is 1. The maximum atomic E-state index is 9.25. The van der Waals surface area contributed by atoms with Crippen LogP contribution in [0, 0.1) is 11.3 Å². The third-order valence-electron chi connectivity index (χ3n) is 3.80. The molecule has 5 nitrogen and oxygen atoms in total. The summed E-state index contributed by atoms with van der Waals surface area (Å²) in [6.45, 7) is 0.660. The van der Waals surface area contributed by atoms with Crippen LogP contribution in [0.25, 0.3) is 12.2 Å². The number of aromatic nitrogens is 1. The van der Waals surface area contributed by atoms with Gasteiger partial charge in [0.1, 0.15) is 11.8 Å². The number of anilines is 1. The van der Waals surface area contributed by atoms with Gasteiger partial charge in [0, 0.05) is 12.6 Å². The van der Waals surface area contributed by atoms with E-state index in [2.05, 4.69) is 28.5 Å². The van der Waals surface area contributed by atoms with E-state index in [-0.39, 0.29) is 5.69 Å². The highest BCUT2D eigenvalue weighted by atomic mass is 16.5. The summed E-state index contributed by atoms with van der Waals surface area (Å²) in [5, 5.41) is 12.4. The van der Waals surface area contributed by atoms with Gasteiger partial charge in [-0.15, -0.1) is 0 Å². The first kappa shape index (κ1) is 17.3. The van der Waals surface area contributed by atoms with E-state index >= 15 is 0 Å². The average Bonchev–Trinajstić information content (AvgIpc) is 3.09. The fourth-order valence-electron chi connectivity index (χ4n) is 2.48. The maximum absolute atomic E-state index is 9.25. The van der Waals surface area contributed by atoms with E-state index in [9.17, 15) is 5.26 Å². The number of hydrogen-bond donors (Lipinski definition) is 1. The highest BCUT2D eigenvalue weighted by molar-refractivity contribution is 5.67. The molecule has 130 valence electrons. The lowest BCUT2D eigenvalue weighted by Gasteiger charge is -2.02. The highest BCUT2D eigenvalue weighted by Gasteiger charge is 2.10. The van der Waals surface area contributed by atoms with E-state index < -0.39 is 0 Å². The molecule has 0 bridgehead atoms. The molecular weight excluding hydrogens is 326 g/mol. The second kappa shape index (κ2) is 8.54. The van der Waals surface area contributed by atoms with Crippen LogP contribution in [0.4, 0.5) is 5.88 Å². The zero-order chi connectivity index (χ0) is 18.2. The predicted molar refractivity (Wildman–Crippen MR) is 102 cm³/mol. The molecule has 0 atom stereocenters. The minimum atomic E-state index is 0.253. The Hall–Kier alpha value is -3.52. The summed E-state index contributed by atoms with van der Waals surface area (Å²) in [7, 11) is 1.63. The standard InChI is InChI=1S/C21H19N3O2/c1-25-18-9-5-8-17(14-18)10-11-20-24-19(15-22)21(26-20)23-13-12-16-6-3-2-4-7-16/h2-11,14,23H,12-13H2,1H3/b11-10+. The van der Waals surface area contributed by atoms with Gasteiger partial charge in [0.05, 0.1) is 7.11 Å². The monoisotopic (exact) mass is 345 g/mol. The number of methoxy groups -OCH3 is 1. The predicted octanol–water partition coefficient (Wildman–Crippen LogP) is 4.38. The summed E-state index contributed by atoms with van der Waals surface area (Å²) >= 11 is 0. The quantitative estimate of drug-likeness (QED) is 0.688. The van der Waals surface area contributed by atoms with Crippen molar-refractivity contribution in [1.29, 1.82) is 5.26 Å². The molecule has 0 radical (unpaired) electrons. The number of benzene rings is 2. The lowest BCUT2D eigenvalue weighted by atomic mass is 10.1. The van der Waals surface area contributed by atoms with Crippen LogP contribution >= 0.6 is 0 Å². The molecule has 1 N–H and O–H groups in total. The van der Waals surface area contributed by atoms with Crippen molar-refractivity contribution in [3.05, 3.63) is 77.3 Å². The van der Waals surface area contributed by atoms with Crippen molar-refractivity contribution in [3.8, 4) is 11.8 Å². The van der Waals surface area contributed by atoms with Gasteiger partial charge in [0.15, 0.2) is 0 Å². The Morgan fingerprint density at radius 3 is 2.77 bits per heavy atom. The lowest BCUT2D eigenvalue weighted by Crippen LogP contribution is -2.05. The van der Waals surface area contributed by atoms with Crippen molar-refractivity contribution in [2.45, 2.75) is 6.42 Å². The molecule has 3 rings (SSSR count). The third-order valence-corrected chi connectivity index (χ3v) is 3.80. The van der Waals surface area contributed by atoms with Gasteiger partial charge in [-0.05, 0) is 35.8 Å². The first-order valence-electron chi connectivity index (χ1n) is 8.29. The summed E-state index contributed by atoms with van der Waals surface area (Å²) in [6, 6.07) is 19.8. The minimum Gasteiger partial charge on any atom is -0.497 e. The van der Waals surface area contributed by atoms with Crippen LogP contribution in [-0.4, -0.2) is 18.6 Å². The first-order chi connectivity index (χ1) is 12.8. The molecular formula is C21H19N3O2. The molecule has 1 aromatic heterocycles. The third kappa shape index (κ3) is 4.52. The van der Waals surface area contributed by atoms with Crippen molar-refractivity contribution in [3.63, 3.8) is 0 Å². The number of oxazole rings is 1. The van der Waals surface area contributed by atoms with Gasteiger partial charge in [0.25, 0.3) is 0 Å². The van der Waals surface area contributed by atoms with E-state index in [1.165, 1.54) is 5.56 Å². The van der Waals surface area contributed by atoms with Crippen LogP contribution in [0.15, 0.2) is 59.0 Å². The zero-order valence-corrected chi connectivity index (χ0v) is 14.5. The Labute approximate surface area is 152 Å². The van der Waals surface area contributed by atoms with Crippen LogP contribution in [0.3, 0.4) is 0 Å². The Balaban J connectivity index is 1.66. The van der Waals surface area contributed by atoms with E-state index in [0.717, 1.165) is 17.7 Å². The van der Waals surface area contributed by atoms with Crippen LogP contribution in [0.1, 0.15) is 22.7 Å². The second-order valence-corrected chi connectivity index (χ2v) is 5.61. The summed E-state index contributed by atoms with van der Waals surface area (Å²) in [6.07, 6.45) is 4.43. The van der Waals surface area contributed by atoms with E-state index in [4.69, 9.17) is 9.15 Å². The second-order valence-electron chi connectivity index (χ2n) is 5.61. The van der Waals surface area contributed by atoms with E-state index in [1.54, 1.807) is 13.2 Å². The summed E-state index contributed by atoms with van der Waals surface area (Å²) < 4.78 is 10.9. The van der Waals surface area contributed by atoms with Crippen LogP contribution in [0.2, 0.25) is 0 Å². The first-order valence-corrected chi connectivity index (χ1v) is 8.29. The molecule has 5 heteroatoms. The molecule has 0 unspecified atom stereocenters. The lowest BCUT2D eigenvalue weighted by molar-refractivity contribution is 0.414. The molecule has 0 aliphatic heterocycles. The Kier molecular flexibility index (Phi) is 5.69. The molecule has 3 aromatic rings. The van der Waals surface area contributed by atoms with Crippen molar-refractivity contribution in [2.24, 2.45) is 0 Å². The fourth-order valence-corrected chi connectivity index (χ4v) is 2.48. The SMILES string of the molecule is COc1cccc(/C=C/c2nc(C#N)c(NCCc3ccccc3)o2)c1. The number of ether oxygens (including phenoxy) is 1. The van der Waals surface area contributed by atoms with Crippen molar-refractivity contribution < 1.29 is 9.15 Å². The van der Waals surface area contributed by atoms with Crippen LogP contribution in [0.5, 0.6) is 5.75 Å². The van der Waals surface area contributed by atoms with Gasteiger partial charge in [-0.25, -0.2) is 0 Å². The Bertz CT molecular complexity index is 924. The van der Waals surface area contributed by atoms with Crippen LogP contribution in [-0.2, 0) is 6.42 Å². The number of nitrogens with zero attached hydrogens (tertiary/aromatic N) is 2. The van der Waals surface area contributed by atoms with Crippen LogP contribution < -0.4 is 10.1 Å². The summed E-state index contributed by atoms with van der Waals surface area (Å²) in [4.78, 5) is 4.20. The van der Waals surface area contributed by atoms with Crippen molar-refractivity contribution >= 4 is 18.0 Å². The molecule has 26 heavy (non-hydrogen) atoms. The molecule has 0 aliphatic carbocycles. The van der Waals surface area contributed by atoms with Crippen molar-refractivity contribution in [2.75, 3.05) is 19.0 Å². The largest absolute Gasteiger partial charge is 0.497 e. The molecule has 0 aliphatic rings. The van der Waals surface area contributed by atoms with Gasteiger partial charge >= 0.3 is 0 Å². The fraction of sp³-hybridized carbons (Fsp3) is 0.143. The smallest absolute Gasteiger partial charge is 0.232 e. The maximum Gasteiger partial charge on any atom is 0.232 e. The molecule has 1 heterocycles. The molecule has 0 saturated carbocycles. The number of rotatable bonds is 7. The topological polar surface area (TPSA) is 71.1 Å². The number of nitriles is 1. The minimum absolute atomic E-state index is 0.253. The van der Waals surface area contributed by atoms with Crippen molar-refractivity contribution in [1.82, 2.24) is 4.98 Å². The highest BCUT2D eigenvalue weighted by Crippen LogP contribution is 2.19. The molecule has 0 amide bonds. The van der Waals surface area contributed by atoms with Gasteiger partial charge in [-0.2, -0.15) is 10.2 Å². The Morgan fingerprint density at radius 2 is 2.00 bits per heavy atom. The summed E-state index contributed by atoms with van der Waals surface area (Å²) in [5.74, 6) is 1.56. The Morgan fingerprint density at radius 1 is 1.15 bits per heavy atom. The van der Waals surface area contributed by atoms with Gasteiger partial charge in [-0.3, -0.25) is 0 Å². The molecule has 0 saturated heterocycles.